The Morgan fingerprint density at radius 1 is 0.630 bits per heavy atom. The smallest absolute Gasteiger partial charge is 0.0661 e. The van der Waals surface area contributed by atoms with Gasteiger partial charge in [0.05, 0.1) is 5.70 Å². The van der Waals surface area contributed by atoms with Crippen LogP contribution in [0.1, 0.15) is 71.9 Å². The fourth-order valence-electron chi connectivity index (χ4n) is 5.50. The van der Waals surface area contributed by atoms with E-state index in [1.807, 2.05) is 13.1 Å². The monoisotopic (exact) mass is 607 g/mol. The minimum Gasteiger partial charge on any atom is -0.261 e. The van der Waals surface area contributed by atoms with Gasteiger partial charge in [0.15, 0.2) is 0 Å². The Labute approximate surface area is 279 Å². The molecule has 5 aromatic rings. The van der Waals surface area contributed by atoms with Crippen LogP contribution in [0.3, 0.4) is 0 Å². The summed E-state index contributed by atoms with van der Waals surface area (Å²) < 4.78 is 0. The number of rotatable bonds is 8. The highest BCUT2D eigenvalue weighted by Gasteiger charge is 2.17. The van der Waals surface area contributed by atoms with Crippen LogP contribution in [0, 0.1) is 0 Å². The molecule has 1 nitrogen and oxygen atoms in total. The van der Waals surface area contributed by atoms with Gasteiger partial charge >= 0.3 is 0 Å². The zero-order chi connectivity index (χ0) is 33.7. The number of allylic oxidation sites excluding steroid dienone is 6. The summed E-state index contributed by atoms with van der Waals surface area (Å²) in [5.41, 5.74) is 6.15. The van der Waals surface area contributed by atoms with E-state index >= 15 is 0 Å². The van der Waals surface area contributed by atoms with Crippen molar-refractivity contribution in [2.24, 2.45) is 4.99 Å². The van der Waals surface area contributed by atoms with Crippen molar-refractivity contribution in [1.29, 1.82) is 0 Å². The topological polar surface area (TPSA) is 12.4 Å². The highest BCUT2D eigenvalue weighted by Crippen LogP contribution is 2.43. The van der Waals surface area contributed by atoms with Gasteiger partial charge in [0.1, 0.15) is 0 Å². The molecule has 0 spiro atoms. The molecule has 0 heterocycles. The van der Waals surface area contributed by atoms with E-state index in [1.54, 1.807) is 6.08 Å². The Bertz CT molecular complexity index is 1740. The standard InChI is InChI=1S/C37H35N.C3H8.C3H6.C2H4/c1-4-7-9-16-26-38-36(6-3)32-24-25-35(31-21-11-10-18-28(31)32)37-33-22-14-12-19-29(33)27(17-8-5-2)30-20-13-15-23-34(30)37;2*1-3-2;1-2/h4-8,10-15,18-26H,9,16-17H2,1-3H3;3H2,1-2H3;3H,1H2,2H3;1-2H2/b7-4-,8-5-,36-6-,38-26?;;;. The van der Waals surface area contributed by atoms with Crippen molar-refractivity contribution in [3.05, 3.63) is 152 Å². The molecule has 0 N–H and O–H groups in total. The molecule has 0 aromatic heterocycles. The summed E-state index contributed by atoms with van der Waals surface area (Å²) in [6.45, 7) is 21.7. The van der Waals surface area contributed by atoms with Crippen LogP contribution in [0.15, 0.2) is 146 Å². The van der Waals surface area contributed by atoms with E-state index in [4.69, 9.17) is 4.99 Å². The third-order valence-electron chi connectivity index (χ3n) is 7.27. The quantitative estimate of drug-likeness (QED) is 0.0720. The summed E-state index contributed by atoms with van der Waals surface area (Å²) in [5.74, 6) is 0. The Morgan fingerprint density at radius 2 is 1.11 bits per heavy atom. The molecule has 46 heavy (non-hydrogen) atoms. The predicted octanol–water partition coefficient (Wildman–Crippen LogP) is 14.1. The van der Waals surface area contributed by atoms with E-state index in [1.165, 1.54) is 61.0 Å². The molecular weight excluding hydrogens is 555 g/mol. The Hall–Kier alpha value is -4.75. The lowest BCUT2D eigenvalue weighted by molar-refractivity contribution is 1.09. The van der Waals surface area contributed by atoms with Crippen molar-refractivity contribution in [3.63, 3.8) is 0 Å². The number of nitrogens with zero attached hydrogens (tertiary/aromatic N) is 1. The first-order valence-corrected chi connectivity index (χ1v) is 16.5. The number of hydrogen-bond acceptors (Lipinski definition) is 1. The van der Waals surface area contributed by atoms with Crippen LogP contribution in [-0.4, -0.2) is 6.21 Å². The van der Waals surface area contributed by atoms with Gasteiger partial charge in [-0.15, -0.1) is 19.7 Å². The largest absolute Gasteiger partial charge is 0.261 e. The van der Waals surface area contributed by atoms with Gasteiger partial charge in [-0.05, 0) is 96.0 Å². The van der Waals surface area contributed by atoms with Gasteiger partial charge in [-0.1, -0.05) is 142 Å². The molecule has 0 aliphatic carbocycles. The van der Waals surface area contributed by atoms with Crippen molar-refractivity contribution in [1.82, 2.24) is 0 Å². The third-order valence-corrected chi connectivity index (χ3v) is 7.27. The maximum Gasteiger partial charge on any atom is 0.0661 e. The van der Waals surface area contributed by atoms with E-state index in [2.05, 4.69) is 170 Å². The number of benzene rings is 5. The van der Waals surface area contributed by atoms with Gasteiger partial charge in [0, 0.05) is 11.8 Å². The van der Waals surface area contributed by atoms with Crippen LogP contribution in [0.25, 0.3) is 49.1 Å². The Kier molecular flexibility index (Phi) is 17.1. The number of unbranched alkanes of at least 4 members (excludes halogenated alkanes) is 1. The minimum absolute atomic E-state index is 0.925. The number of hydrogen-bond donors (Lipinski definition) is 0. The van der Waals surface area contributed by atoms with Crippen LogP contribution >= 0.6 is 0 Å². The fraction of sp³-hybridized carbons (Fsp3) is 0.222. The second-order valence-corrected chi connectivity index (χ2v) is 10.7. The first kappa shape index (κ1) is 37.4. The van der Waals surface area contributed by atoms with Crippen LogP contribution in [0.5, 0.6) is 0 Å². The van der Waals surface area contributed by atoms with Crippen molar-refractivity contribution in [2.75, 3.05) is 0 Å². The Morgan fingerprint density at radius 3 is 1.61 bits per heavy atom. The van der Waals surface area contributed by atoms with E-state index in [9.17, 15) is 0 Å². The maximum absolute atomic E-state index is 4.87. The van der Waals surface area contributed by atoms with Crippen molar-refractivity contribution in [3.8, 4) is 11.1 Å². The zero-order valence-electron chi connectivity index (χ0n) is 29.0. The molecule has 0 unspecified atom stereocenters. The van der Waals surface area contributed by atoms with E-state index < -0.39 is 0 Å². The van der Waals surface area contributed by atoms with Gasteiger partial charge in [-0.25, -0.2) is 0 Å². The van der Waals surface area contributed by atoms with Crippen LogP contribution < -0.4 is 0 Å². The predicted molar refractivity (Wildman–Crippen MR) is 212 cm³/mol. The average Bonchev–Trinajstić information content (AvgIpc) is 3.10. The lowest BCUT2D eigenvalue weighted by Gasteiger charge is -2.19. The highest BCUT2D eigenvalue weighted by molar-refractivity contribution is 6.19. The molecule has 0 bridgehead atoms. The number of fused-ring (bicyclic) bond motifs is 3. The van der Waals surface area contributed by atoms with E-state index in [-0.39, 0.29) is 0 Å². The van der Waals surface area contributed by atoms with Gasteiger partial charge in [-0.3, -0.25) is 4.99 Å². The van der Waals surface area contributed by atoms with E-state index in [0.717, 1.165) is 25.0 Å². The first-order chi connectivity index (χ1) is 22.6. The normalized spacial score (nSPS) is 11.3. The molecular formula is C45H53N. The molecule has 5 rings (SSSR count). The molecule has 0 saturated carbocycles. The van der Waals surface area contributed by atoms with Crippen LogP contribution in [0.4, 0.5) is 0 Å². The lowest BCUT2D eigenvalue weighted by atomic mass is 9.85. The molecule has 0 radical (unpaired) electrons. The van der Waals surface area contributed by atoms with Crippen LogP contribution in [-0.2, 0) is 6.42 Å². The molecule has 0 atom stereocenters. The van der Waals surface area contributed by atoms with Crippen molar-refractivity contribution in [2.45, 2.75) is 67.2 Å². The van der Waals surface area contributed by atoms with E-state index in [0.29, 0.717) is 0 Å². The molecule has 0 aliphatic rings. The van der Waals surface area contributed by atoms with Gasteiger partial charge < -0.3 is 0 Å². The molecule has 0 saturated heterocycles. The maximum atomic E-state index is 4.87. The Balaban J connectivity index is 0.000000841. The SMILES string of the molecule is C/C=C\CCC=N/C(=C\C)c1ccc(-c2c3ccccc3c(C/C=C\C)c3ccccc23)c2ccccc12.C=C.C=CC.CCC. The van der Waals surface area contributed by atoms with Crippen LogP contribution in [0.2, 0.25) is 0 Å². The molecule has 0 fully saturated rings. The lowest BCUT2D eigenvalue weighted by Crippen LogP contribution is -1.94. The molecule has 0 amide bonds. The fourth-order valence-corrected chi connectivity index (χ4v) is 5.50. The molecule has 238 valence electrons. The number of aliphatic imine (C=N–C) groups is 1. The third kappa shape index (κ3) is 9.38. The molecule has 0 aliphatic heterocycles. The summed E-state index contributed by atoms with van der Waals surface area (Å²) in [6, 6.07) is 31.1. The summed E-state index contributed by atoms with van der Waals surface area (Å²) >= 11 is 0. The molecule has 1 heteroatoms. The second kappa shape index (κ2) is 21.1. The second-order valence-electron chi connectivity index (χ2n) is 10.7. The van der Waals surface area contributed by atoms with Gasteiger partial charge in [-0.2, -0.15) is 0 Å². The molecule has 5 aromatic carbocycles. The average molecular weight is 608 g/mol. The van der Waals surface area contributed by atoms with Crippen molar-refractivity contribution >= 4 is 44.2 Å². The van der Waals surface area contributed by atoms with Gasteiger partial charge in [0.25, 0.3) is 0 Å². The van der Waals surface area contributed by atoms with Gasteiger partial charge in [0.2, 0.25) is 0 Å². The van der Waals surface area contributed by atoms with Crippen molar-refractivity contribution < 1.29 is 0 Å². The summed E-state index contributed by atoms with van der Waals surface area (Å²) in [5, 5.41) is 7.74. The summed E-state index contributed by atoms with van der Waals surface area (Å²) in [6.07, 6.45) is 18.7. The summed E-state index contributed by atoms with van der Waals surface area (Å²) in [4.78, 5) is 4.87. The summed E-state index contributed by atoms with van der Waals surface area (Å²) in [7, 11) is 0. The first-order valence-electron chi connectivity index (χ1n) is 16.5. The minimum atomic E-state index is 0.925. The zero-order valence-corrected chi connectivity index (χ0v) is 29.0. The highest BCUT2D eigenvalue weighted by atomic mass is 14.7.